The molecule has 3 atom stereocenters. The van der Waals surface area contributed by atoms with Crippen molar-refractivity contribution in [3.8, 4) is 5.75 Å². The van der Waals surface area contributed by atoms with E-state index < -0.39 is 0 Å². The molecular weight excluding hydrogens is 368 g/mol. The fourth-order valence-electron chi connectivity index (χ4n) is 4.31. The summed E-state index contributed by atoms with van der Waals surface area (Å²) in [7, 11) is 1.57. The molecule has 0 spiro atoms. The van der Waals surface area contributed by atoms with E-state index in [1.807, 2.05) is 0 Å². The highest BCUT2D eigenvalue weighted by molar-refractivity contribution is 6.22. The molecule has 1 aliphatic heterocycles. The first-order chi connectivity index (χ1) is 14.0. The smallest absolute Gasteiger partial charge is 0.255 e. The minimum atomic E-state index is -0.272. The van der Waals surface area contributed by atoms with E-state index in [-0.39, 0.29) is 29.6 Å². The Balaban J connectivity index is 1.49. The first kappa shape index (κ1) is 19.2. The summed E-state index contributed by atoms with van der Waals surface area (Å²) in [4.78, 5) is 39.4. The number of nitrogens with one attached hydrogen (secondary N) is 1. The second kappa shape index (κ2) is 7.70. The molecular formula is C23H24N2O4. The Bertz CT molecular complexity index is 954. The lowest BCUT2D eigenvalue weighted by atomic mass is 9.76. The van der Waals surface area contributed by atoms with Crippen LogP contribution < -0.4 is 15.0 Å². The lowest BCUT2D eigenvalue weighted by Gasteiger charge is -2.25. The van der Waals surface area contributed by atoms with Crippen LogP contribution in [0.15, 0.2) is 48.5 Å². The number of carbonyl (C=O) groups is 3. The van der Waals surface area contributed by atoms with Gasteiger partial charge in [0, 0.05) is 17.3 Å². The van der Waals surface area contributed by atoms with Crippen LogP contribution in [0.25, 0.3) is 0 Å². The average molecular weight is 392 g/mol. The first-order valence-electron chi connectivity index (χ1n) is 9.91. The zero-order valence-corrected chi connectivity index (χ0v) is 16.6. The number of methoxy groups -OCH3 is 1. The monoisotopic (exact) mass is 392 g/mol. The van der Waals surface area contributed by atoms with Crippen LogP contribution in [0, 0.1) is 17.8 Å². The van der Waals surface area contributed by atoms with Crippen molar-refractivity contribution in [2.45, 2.75) is 26.2 Å². The van der Waals surface area contributed by atoms with Gasteiger partial charge in [-0.05, 0) is 61.6 Å². The highest BCUT2D eigenvalue weighted by Crippen LogP contribution is 2.42. The van der Waals surface area contributed by atoms with Gasteiger partial charge >= 0.3 is 0 Å². The van der Waals surface area contributed by atoms with Crippen LogP contribution in [0.5, 0.6) is 5.75 Å². The van der Waals surface area contributed by atoms with Gasteiger partial charge in [0.1, 0.15) is 5.75 Å². The molecule has 1 saturated heterocycles. The molecule has 6 heteroatoms. The molecule has 150 valence electrons. The van der Waals surface area contributed by atoms with Gasteiger partial charge in [-0.2, -0.15) is 0 Å². The normalized spacial score (nSPS) is 23.7. The summed E-state index contributed by atoms with van der Waals surface area (Å²) in [6, 6.07) is 13.7. The standard InChI is InChI=1S/C23H24N2O4/c1-14-6-11-19-20(12-14)23(28)25(22(19)27)17-9-7-15(8-10-17)21(26)24-16-4-3-5-18(13-16)29-2/h3-5,7-10,13-14,19-20H,6,11-12H2,1-2H3,(H,24,26)/t14-,19-,20+/m1/s1. The van der Waals surface area contributed by atoms with Gasteiger partial charge in [-0.25, -0.2) is 0 Å². The van der Waals surface area contributed by atoms with E-state index in [1.54, 1.807) is 55.6 Å². The highest BCUT2D eigenvalue weighted by atomic mass is 16.5. The van der Waals surface area contributed by atoms with Crippen molar-refractivity contribution in [2.75, 3.05) is 17.3 Å². The van der Waals surface area contributed by atoms with E-state index in [1.165, 1.54) is 4.90 Å². The van der Waals surface area contributed by atoms with E-state index in [0.717, 1.165) is 19.3 Å². The van der Waals surface area contributed by atoms with Crippen LogP contribution >= 0.6 is 0 Å². The van der Waals surface area contributed by atoms with Gasteiger partial charge < -0.3 is 10.1 Å². The molecule has 0 aromatic heterocycles. The predicted molar refractivity (Wildman–Crippen MR) is 110 cm³/mol. The van der Waals surface area contributed by atoms with Crippen molar-refractivity contribution in [1.82, 2.24) is 0 Å². The van der Waals surface area contributed by atoms with Gasteiger partial charge in [0.15, 0.2) is 0 Å². The van der Waals surface area contributed by atoms with Crippen molar-refractivity contribution in [1.29, 1.82) is 0 Å². The summed E-state index contributed by atoms with van der Waals surface area (Å²) in [5.41, 5.74) is 1.60. The molecule has 0 unspecified atom stereocenters. The van der Waals surface area contributed by atoms with Crippen LogP contribution in [0.3, 0.4) is 0 Å². The highest BCUT2D eigenvalue weighted by Gasteiger charge is 2.49. The fraction of sp³-hybridized carbons (Fsp3) is 0.348. The number of amides is 3. The molecule has 6 nitrogen and oxygen atoms in total. The summed E-state index contributed by atoms with van der Waals surface area (Å²) in [5, 5.41) is 2.82. The van der Waals surface area contributed by atoms with Gasteiger partial charge in [0.2, 0.25) is 11.8 Å². The third-order valence-electron chi connectivity index (χ3n) is 5.90. The van der Waals surface area contributed by atoms with Crippen LogP contribution in [0.2, 0.25) is 0 Å². The van der Waals surface area contributed by atoms with Crippen molar-refractivity contribution >= 4 is 29.1 Å². The fourth-order valence-corrected chi connectivity index (χ4v) is 4.31. The molecule has 3 amide bonds. The number of carbonyl (C=O) groups excluding carboxylic acids is 3. The molecule has 0 bridgehead atoms. The maximum absolute atomic E-state index is 12.8. The number of imide groups is 1. The Labute approximate surface area is 169 Å². The molecule has 29 heavy (non-hydrogen) atoms. The Hall–Kier alpha value is -3.15. The van der Waals surface area contributed by atoms with E-state index in [0.29, 0.717) is 28.6 Å². The summed E-state index contributed by atoms with van der Waals surface area (Å²) in [6.07, 6.45) is 2.53. The zero-order valence-electron chi connectivity index (χ0n) is 16.6. The summed E-state index contributed by atoms with van der Waals surface area (Å²) >= 11 is 0. The quantitative estimate of drug-likeness (QED) is 0.802. The number of hydrogen-bond donors (Lipinski definition) is 1. The second-order valence-electron chi connectivity index (χ2n) is 7.88. The van der Waals surface area contributed by atoms with Crippen molar-refractivity contribution in [3.05, 3.63) is 54.1 Å². The molecule has 1 aliphatic carbocycles. The Morgan fingerprint density at radius 1 is 1.03 bits per heavy atom. The van der Waals surface area contributed by atoms with E-state index in [2.05, 4.69) is 12.2 Å². The minimum Gasteiger partial charge on any atom is -0.497 e. The van der Waals surface area contributed by atoms with Crippen LogP contribution in [-0.2, 0) is 9.59 Å². The van der Waals surface area contributed by atoms with Crippen LogP contribution in [0.1, 0.15) is 36.5 Å². The lowest BCUT2D eigenvalue weighted by Crippen LogP contribution is -2.30. The number of hydrogen-bond acceptors (Lipinski definition) is 4. The van der Waals surface area contributed by atoms with Crippen LogP contribution in [-0.4, -0.2) is 24.8 Å². The third-order valence-corrected chi connectivity index (χ3v) is 5.90. The van der Waals surface area contributed by atoms with E-state index in [4.69, 9.17) is 4.74 Å². The number of benzene rings is 2. The van der Waals surface area contributed by atoms with Crippen molar-refractivity contribution in [3.63, 3.8) is 0 Å². The van der Waals surface area contributed by atoms with Gasteiger partial charge in [-0.1, -0.05) is 13.0 Å². The minimum absolute atomic E-state index is 0.111. The summed E-state index contributed by atoms with van der Waals surface area (Å²) in [5.74, 6) is 0.222. The maximum atomic E-state index is 12.8. The van der Waals surface area contributed by atoms with E-state index in [9.17, 15) is 14.4 Å². The zero-order chi connectivity index (χ0) is 20.5. The Morgan fingerprint density at radius 3 is 2.48 bits per heavy atom. The number of rotatable bonds is 4. The average Bonchev–Trinajstić information content (AvgIpc) is 2.98. The SMILES string of the molecule is COc1cccc(NC(=O)c2ccc(N3C(=O)[C@H]4C[C@H](C)CC[C@H]4C3=O)cc2)c1. The predicted octanol–water partition coefficient (Wildman–Crippen LogP) is 3.87. The summed E-state index contributed by atoms with van der Waals surface area (Å²) < 4.78 is 5.16. The van der Waals surface area contributed by atoms with Gasteiger partial charge in [0.05, 0.1) is 24.6 Å². The Morgan fingerprint density at radius 2 is 1.76 bits per heavy atom. The topological polar surface area (TPSA) is 75.7 Å². The molecule has 2 aromatic rings. The van der Waals surface area contributed by atoms with Gasteiger partial charge in [0.25, 0.3) is 5.91 Å². The second-order valence-corrected chi connectivity index (χ2v) is 7.88. The Kier molecular flexibility index (Phi) is 5.09. The number of fused-ring (bicyclic) bond motifs is 1. The molecule has 0 radical (unpaired) electrons. The van der Waals surface area contributed by atoms with Crippen molar-refractivity contribution in [2.24, 2.45) is 17.8 Å². The molecule has 1 N–H and O–H groups in total. The molecule has 2 fully saturated rings. The van der Waals surface area contributed by atoms with Gasteiger partial charge in [-0.3, -0.25) is 19.3 Å². The number of anilines is 2. The molecule has 1 heterocycles. The molecule has 2 aromatic carbocycles. The largest absolute Gasteiger partial charge is 0.497 e. The maximum Gasteiger partial charge on any atom is 0.255 e. The lowest BCUT2D eigenvalue weighted by molar-refractivity contribution is -0.122. The molecule has 1 saturated carbocycles. The molecule has 4 rings (SSSR count). The van der Waals surface area contributed by atoms with E-state index >= 15 is 0 Å². The number of ether oxygens (including phenoxy) is 1. The summed E-state index contributed by atoms with van der Waals surface area (Å²) in [6.45, 7) is 2.13. The first-order valence-corrected chi connectivity index (χ1v) is 9.91. The number of nitrogens with zero attached hydrogens (tertiary/aromatic N) is 1. The van der Waals surface area contributed by atoms with Crippen LogP contribution in [0.4, 0.5) is 11.4 Å². The van der Waals surface area contributed by atoms with Crippen molar-refractivity contribution < 1.29 is 19.1 Å². The third kappa shape index (κ3) is 3.62. The molecule has 2 aliphatic rings. The van der Waals surface area contributed by atoms with Gasteiger partial charge in [-0.15, -0.1) is 0 Å².